The van der Waals surface area contributed by atoms with Crippen molar-refractivity contribution in [2.24, 2.45) is 0 Å². The highest BCUT2D eigenvalue weighted by molar-refractivity contribution is 7.00. The molecule has 1 aromatic heterocycles. The second kappa shape index (κ2) is 17.1. The lowest BCUT2D eigenvalue weighted by Crippen LogP contribution is -2.62. The van der Waals surface area contributed by atoms with Crippen molar-refractivity contribution in [2.45, 2.75) is 176 Å². The van der Waals surface area contributed by atoms with Gasteiger partial charge in [-0.3, -0.25) is 0 Å². The smallest absolute Gasteiger partial charge is 0.252 e. The largest absolute Gasteiger partial charge is 0.456 e. The van der Waals surface area contributed by atoms with E-state index in [0.717, 1.165) is 41.2 Å². The Bertz CT molecular complexity index is 4010. The number of furan rings is 1. The molecule has 0 amide bonds. The Morgan fingerprint density at radius 1 is 0.430 bits per heavy atom. The molecule has 2 aliphatic heterocycles. The number of aryl methyl sites for hydroxylation is 3. The summed E-state index contributed by atoms with van der Waals surface area (Å²) in [5.41, 5.74) is 30.5. The summed E-state index contributed by atoms with van der Waals surface area (Å²) >= 11 is 0. The fraction of sp³-hybridized carbons (Fsp3) is 0.360. The third-order valence-corrected chi connectivity index (χ3v) is 19.7. The van der Waals surface area contributed by atoms with Crippen molar-refractivity contribution in [1.82, 2.24) is 0 Å². The minimum absolute atomic E-state index is 0.00248. The van der Waals surface area contributed by atoms with Crippen LogP contribution >= 0.6 is 0 Å². The third kappa shape index (κ3) is 8.03. The van der Waals surface area contributed by atoms with Crippen LogP contribution in [0.15, 0.2) is 138 Å². The highest BCUT2D eigenvalue weighted by atomic mass is 16.3. The minimum Gasteiger partial charge on any atom is -0.456 e. The van der Waals surface area contributed by atoms with Crippen molar-refractivity contribution in [3.8, 4) is 22.3 Å². The van der Waals surface area contributed by atoms with Crippen LogP contribution in [-0.2, 0) is 32.5 Å². The lowest BCUT2D eigenvalue weighted by Gasteiger charge is -2.48. The molecule has 0 N–H and O–H groups in total. The van der Waals surface area contributed by atoms with Crippen molar-refractivity contribution in [3.05, 3.63) is 184 Å². The normalized spacial score (nSPS) is 17.6. The molecule has 9 aromatic rings. The number of anilines is 6. The van der Waals surface area contributed by atoms with E-state index in [1.54, 1.807) is 0 Å². The number of hydrogen-bond acceptors (Lipinski definition) is 3. The Kier molecular flexibility index (Phi) is 11.2. The monoisotopic (exact) mass is 1040 g/mol. The van der Waals surface area contributed by atoms with E-state index in [-0.39, 0.29) is 39.2 Å². The van der Waals surface area contributed by atoms with E-state index in [1.165, 1.54) is 129 Å². The number of benzene rings is 8. The van der Waals surface area contributed by atoms with Crippen LogP contribution in [0, 0.1) is 20.8 Å². The summed E-state index contributed by atoms with van der Waals surface area (Å²) in [5, 5.41) is 2.29. The van der Waals surface area contributed by atoms with Crippen molar-refractivity contribution < 1.29 is 4.42 Å². The lowest BCUT2D eigenvalue weighted by molar-refractivity contribution is 0.332. The van der Waals surface area contributed by atoms with E-state index in [0.29, 0.717) is 0 Å². The molecule has 3 nitrogen and oxygen atoms in total. The van der Waals surface area contributed by atoms with Crippen LogP contribution in [0.3, 0.4) is 0 Å². The molecule has 3 heterocycles. The van der Waals surface area contributed by atoms with Crippen LogP contribution in [0.5, 0.6) is 0 Å². The zero-order valence-corrected chi connectivity index (χ0v) is 50.4. The fourth-order valence-corrected chi connectivity index (χ4v) is 14.9. The van der Waals surface area contributed by atoms with Crippen LogP contribution in [0.2, 0.25) is 0 Å². The maximum absolute atomic E-state index is 7.17. The van der Waals surface area contributed by atoms with Gasteiger partial charge in [0.05, 0.1) is 5.69 Å². The van der Waals surface area contributed by atoms with E-state index in [1.807, 2.05) is 0 Å². The van der Waals surface area contributed by atoms with Gasteiger partial charge in [0.2, 0.25) is 0 Å². The van der Waals surface area contributed by atoms with E-state index >= 15 is 0 Å². The van der Waals surface area contributed by atoms with Crippen LogP contribution in [0.4, 0.5) is 34.1 Å². The van der Waals surface area contributed by atoms with Gasteiger partial charge in [-0.05, 0) is 217 Å². The molecule has 0 saturated carbocycles. The minimum atomic E-state index is -0.104. The quantitative estimate of drug-likeness (QED) is 0.164. The summed E-state index contributed by atoms with van der Waals surface area (Å²) in [6.45, 7) is 40.5. The molecule has 0 atom stereocenters. The number of fused-ring (bicyclic) bond motifs is 9. The van der Waals surface area contributed by atoms with Gasteiger partial charge in [-0.2, -0.15) is 0 Å². The molecular weight excluding hydrogens is 956 g/mol. The Balaban J connectivity index is 1.22. The van der Waals surface area contributed by atoms with E-state index in [4.69, 9.17) is 4.42 Å². The molecule has 2 aliphatic carbocycles. The van der Waals surface area contributed by atoms with Gasteiger partial charge in [0.25, 0.3) is 6.71 Å². The highest BCUT2D eigenvalue weighted by Crippen LogP contribution is 2.55. The second-order valence-electron chi connectivity index (χ2n) is 29.3. The summed E-state index contributed by atoms with van der Waals surface area (Å²) < 4.78 is 7.17. The number of hydrogen-bond donors (Lipinski definition) is 0. The summed E-state index contributed by atoms with van der Waals surface area (Å²) in [7, 11) is 0. The molecule has 4 aliphatic rings. The summed E-state index contributed by atoms with van der Waals surface area (Å²) in [4.78, 5) is 5.40. The van der Waals surface area contributed by atoms with Crippen molar-refractivity contribution in [1.29, 1.82) is 0 Å². The molecule has 0 fully saturated rings. The molecule has 0 radical (unpaired) electrons. The van der Waals surface area contributed by atoms with Gasteiger partial charge < -0.3 is 14.2 Å². The predicted molar refractivity (Wildman–Crippen MR) is 341 cm³/mol. The van der Waals surface area contributed by atoms with Gasteiger partial charge in [-0.1, -0.05) is 175 Å². The number of rotatable bonds is 4. The van der Waals surface area contributed by atoms with Crippen LogP contribution in [0.25, 0.3) is 44.2 Å². The standard InChI is InChI=1S/C75H81BN2O/c1-44-33-45(2)68(46(3)34-44)48-35-64-69-65(36-48)78(61-28-24-49(70(4,5)6)37-53(61)47-21-19-18-20-22-47)62-40-54-52-26-23-50(71(7,8)9)38-66(52)79-67(54)43-60(62)76(69)59-41-57-58(75(16,17)32-31-74(57,14)15)42-63(59)77(64)51-25-27-55-56(39-51)73(12,13)30-29-72(55,10)11/h18-28,33-43H,29-32H2,1-17H3. The molecule has 0 spiro atoms. The maximum atomic E-state index is 7.17. The SMILES string of the molecule is Cc1cc(C)c(-c2cc3c4c(c2)N(c2ccc(C(C)(C)C)cc2-c2ccccc2)c2cc5c(cc2B4c2cc4c(cc2N3c2ccc3c(c2)C(C)(C)CCC3(C)C)C(C)(C)CCC4(C)C)oc2cc(C(C)(C)C)ccc25)c(C)c1. The van der Waals surface area contributed by atoms with E-state index < -0.39 is 0 Å². The van der Waals surface area contributed by atoms with Crippen molar-refractivity contribution in [2.75, 3.05) is 9.80 Å². The second-order valence-corrected chi connectivity index (χ2v) is 29.3. The van der Waals surface area contributed by atoms with Crippen molar-refractivity contribution in [3.63, 3.8) is 0 Å². The molecule has 8 aromatic carbocycles. The van der Waals surface area contributed by atoms with Gasteiger partial charge in [-0.25, -0.2) is 0 Å². The number of nitrogens with zero attached hydrogens (tertiary/aromatic N) is 2. The molecule has 400 valence electrons. The first-order valence-electron chi connectivity index (χ1n) is 29.5. The maximum Gasteiger partial charge on any atom is 0.252 e. The predicted octanol–water partition coefficient (Wildman–Crippen LogP) is 19.2. The van der Waals surface area contributed by atoms with E-state index in [9.17, 15) is 0 Å². The molecular formula is C75H81BN2O. The van der Waals surface area contributed by atoms with Gasteiger partial charge in [0, 0.05) is 44.8 Å². The molecule has 4 heteroatoms. The van der Waals surface area contributed by atoms with Gasteiger partial charge >= 0.3 is 0 Å². The molecule has 79 heavy (non-hydrogen) atoms. The average Bonchev–Trinajstić information content (AvgIpc) is 2.78. The molecule has 0 bridgehead atoms. The fourth-order valence-electron chi connectivity index (χ4n) is 14.9. The van der Waals surface area contributed by atoms with Gasteiger partial charge in [-0.15, -0.1) is 0 Å². The highest BCUT2D eigenvalue weighted by Gasteiger charge is 2.48. The molecule has 0 unspecified atom stereocenters. The summed E-state index contributed by atoms with van der Waals surface area (Å²) in [5.74, 6) is 0. The third-order valence-electron chi connectivity index (χ3n) is 19.7. The molecule has 0 saturated heterocycles. The first kappa shape index (κ1) is 51.6. The van der Waals surface area contributed by atoms with Gasteiger partial charge in [0.15, 0.2) is 0 Å². The molecule has 13 rings (SSSR count). The van der Waals surface area contributed by atoms with Gasteiger partial charge in [0.1, 0.15) is 11.2 Å². The van der Waals surface area contributed by atoms with Crippen LogP contribution < -0.4 is 26.2 Å². The lowest BCUT2D eigenvalue weighted by atomic mass is 9.33. The first-order valence-corrected chi connectivity index (χ1v) is 29.5. The Hall–Kier alpha value is -6.78. The van der Waals surface area contributed by atoms with Crippen LogP contribution in [0.1, 0.15) is 173 Å². The average molecular weight is 1040 g/mol. The Morgan fingerprint density at radius 2 is 0.962 bits per heavy atom. The summed E-state index contributed by atoms with van der Waals surface area (Å²) in [6.07, 6.45) is 4.62. The first-order chi connectivity index (χ1) is 37.1. The zero-order valence-electron chi connectivity index (χ0n) is 50.4. The van der Waals surface area contributed by atoms with Crippen molar-refractivity contribution >= 4 is 79.2 Å². The Morgan fingerprint density at radius 3 is 1.59 bits per heavy atom. The summed E-state index contributed by atoms with van der Waals surface area (Å²) in [6, 6.07) is 53.2. The van der Waals surface area contributed by atoms with Crippen LogP contribution in [-0.4, -0.2) is 6.71 Å². The topological polar surface area (TPSA) is 19.6 Å². The zero-order chi connectivity index (χ0) is 55.8. The van der Waals surface area contributed by atoms with E-state index in [2.05, 4.69) is 261 Å². The Labute approximate surface area is 472 Å².